The lowest BCUT2D eigenvalue weighted by molar-refractivity contribution is -0.142. The summed E-state index contributed by atoms with van der Waals surface area (Å²) in [5.41, 5.74) is -1.20. The average Bonchev–Trinajstić information content (AvgIpc) is 2.93. The number of nitrogens with zero attached hydrogens (tertiary/aromatic N) is 4. The maximum atomic E-state index is 12.9. The van der Waals surface area contributed by atoms with E-state index in [1.807, 2.05) is 0 Å². The van der Waals surface area contributed by atoms with E-state index in [1.54, 1.807) is 0 Å². The molecule has 1 atom stereocenters. The highest BCUT2D eigenvalue weighted by Gasteiger charge is 2.37. The second kappa shape index (κ2) is 7.43. The van der Waals surface area contributed by atoms with E-state index in [0.717, 1.165) is 8.99 Å². The van der Waals surface area contributed by atoms with Crippen LogP contribution >= 0.6 is 0 Å². The Morgan fingerprint density at radius 1 is 1.42 bits per heavy atom. The van der Waals surface area contributed by atoms with E-state index in [1.165, 1.54) is 32.2 Å². The first-order valence-electron chi connectivity index (χ1n) is 7.96. The van der Waals surface area contributed by atoms with Gasteiger partial charge in [-0.2, -0.15) is 18.3 Å². The molecule has 0 aromatic carbocycles. The van der Waals surface area contributed by atoms with Crippen molar-refractivity contribution in [2.24, 2.45) is 7.05 Å². The molecule has 0 spiro atoms. The highest BCUT2D eigenvalue weighted by molar-refractivity contribution is 7.89. The van der Waals surface area contributed by atoms with Crippen LogP contribution in [0.15, 0.2) is 6.20 Å². The minimum absolute atomic E-state index is 0.00547. The van der Waals surface area contributed by atoms with E-state index >= 15 is 0 Å². The number of aromatic nitrogens is 2. The van der Waals surface area contributed by atoms with Crippen LogP contribution in [0.4, 0.5) is 18.0 Å². The Bertz CT molecular complexity index is 760. The number of likely N-dealkylation sites (tertiary alicyclic amines) is 1. The second-order valence-corrected chi connectivity index (χ2v) is 8.80. The molecular weight excluding hydrogens is 375 g/mol. The zero-order valence-corrected chi connectivity index (χ0v) is 15.6. The molecule has 1 aliphatic rings. The number of rotatable bonds is 4. The fourth-order valence-corrected chi connectivity index (χ4v) is 4.28. The lowest BCUT2D eigenvalue weighted by Crippen LogP contribution is -2.50. The summed E-state index contributed by atoms with van der Waals surface area (Å²) in [6.45, 7) is 0.0130. The van der Waals surface area contributed by atoms with Gasteiger partial charge in [0.15, 0.2) is 5.69 Å². The fourth-order valence-electron chi connectivity index (χ4n) is 2.85. The number of carbonyl (C=O) groups excluding carboxylic acids is 1. The van der Waals surface area contributed by atoms with Gasteiger partial charge in [-0.3, -0.25) is 4.68 Å². The Morgan fingerprint density at radius 2 is 2.08 bits per heavy atom. The zero-order chi connectivity index (χ0) is 19.7. The van der Waals surface area contributed by atoms with Gasteiger partial charge in [-0.05, 0) is 12.8 Å². The monoisotopic (exact) mass is 397 g/mol. The van der Waals surface area contributed by atoms with Gasteiger partial charge in [-0.25, -0.2) is 17.5 Å². The summed E-state index contributed by atoms with van der Waals surface area (Å²) >= 11 is 0. The molecule has 148 valence electrons. The smallest absolute Gasteiger partial charge is 0.334 e. The summed E-state index contributed by atoms with van der Waals surface area (Å²) < 4.78 is 65.4. The van der Waals surface area contributed by atoms with Crippen molar-refractivity contribution in [2.75, 3.05) is 27.2 Å². The largest absolute Gasteiger partial charge is 0.435 e. The van der Waals surface area contributed by atoms with Gasteiger partial charge in [-0.15, -0.1) is 0 Å². The van der Waals surface area contributed by atoms with Gasteiger partial charge in [0.1, 0.15) is 0 Å². The summed E-state index contributed by atoms with van der Waals surface area (Å²) in [6, 6.07) is -0.597. The van der Waals surface area contributed by atoms with Crippen molar-refractivity contribution < 1.29 is 26.4 Å². The summed E-state index contributed by atoms with van der Waals surface area (Å²) in [6.07, 6.45) is -2.48. The van der Waals surface area contributed by atoms with Crippen molar-refractivity contribution in [2.45, 2.75) is 30.8 Å². The molecule has 2 amide bonds. The number of urea groups is 1. The summed E-state index contributed by atoms with van der Waals surface area (Å²) in [5, 5.41) is 5.08. The van der Waals surface area contributed by atoms with Crippen molar-refractivity contribution in [1.29, 1.82) is 0 Å². The number of piperidine rings is 1. The molecule has 26 heavy (non-hydrogen) atoms. The first-order chi connectivity index (χ1) is 11.9. The van der Waals surface area contributed by atoms with E-state index in [2.05, 4.69) is 10.4 Å². The third-order valence-corrected chi connectivity index (χ3v) is 6.44. The summed E-state index contributed by atoms with van der Waals surface area (Å²) in [4.78, 5) is 13.6. The summed E-state index contributed by atoms with van der Waals surface area (Å²) in [5.74, 6) is 0. The Morgan fingerprint density at radius 3 is 2.65 bits per heavy atom. The molecule has 0 radical (unpaired) electrons. The van der Waals surface area contributed by atoms with Crippen molar-refractivity contribution in [1.82, 2.24) is 24.3 Å². The van der Waals surface area contributed by atoms with Gasteiger partial charge in [0.2, 0.25) is 10.0 Å². The average molecular weight is 397 g/mol. The van der Waals surface area contributed by atoms with Gasteiger partial charge in [0.25, 0.3) is 0 Å². The van der Waals surface area contributed by atoms with Crippen LogP contribution in [0.3, 0.4) is 0 Å². The SMILES string of the molecule is CN(C)S(=O)(=O)C1CCCN(C(=O)NCc2cn(C)nc2C(F)(F)F)C1. The highest BCUT2D eigenvalue weighted by atomic mass is 32.2. The van der Waals surface area contributed by atoms with Gasteiger partial charge >= 0.3 is 12.2 Å². The van der Waals surface area contributed by atoms with Gasteiger partial charge < -0.3 is 10.2 Å². The minimum Gasteiger partial charge on any atom is -0.334 e. The van der Waals surface area contributed by atoms with Gasteiger partial charge in [0, 0.05) is 52.5 Å². The Kier molecular flexibility index (Phi) is 5.85. The standard InChI is InChI=1S/C14H22F3N5O3S/c1-20(2)26(24,25)11-5-4-6-22(9-11)13(23)18-7-10-8-21(3)19-12(10)14(15,16)17/h8,11H,4-7,9H2,1-3H3,(H,18,23). The molecule has 1 unspecified atom stereocenters. The molecule has 0 saturated carbocycles. The van der Waals surface area contributed by atoms with E-state index in [9.17, 15) is 26.4 Å². The van der Waals surface area contributed by atoms with E-state index in [0.29, 0.717) is 19.4 Å². The van der Waals surface area contributed by atoms with E-state index in [4.69, 9.17) is 0 Å². The third-order valence-electron chi connectivity index (χ3n) is 4.20. The predicted octanol–water partition coefficient (Wildman–Crippen LogP) is 1.00. The Balaban J connectivity index is 2.03. The normalized spacial score (nSPS) is 19.0. The Hall–Kier alpha value is -1.82. The second-order valence-electron chi connectivity index (χ2n) is 6.37. The van der Waals surface area contributed by atoms with Crippen LogP contribution in [0.5, 0.6) is 0 Å². The molecule has 2 rings (SSSR count). The van der Waals surface area contributed by atoms with E-state index in [-0.39, 0.29) is 18.7 Å². The number of halogens is 3. The lowest BCUT2D eigenvalue weighted by atomic mass is 10.1. The first kappa shape index (κ1) is 20.5. The van der Waals surface area contributed by atoms with Crippen LogP contribution in [-0.4, -0.2) is 65.9 Å². The van der Waals surface area contributed by atoms with Gasteiger partial charge in [-0.1, -0.05) is 0 Å². The van der Waals surface area contributed by atoms with Crippen molar-refractivity contribution in [3.8, 4) is 0 Å². The molecule has 1 aliphatic heterocycles. The predicted molar refractivity (Wildman–Crippen MR) is 87.6 cm³/mol. The van der Waals surface area contributed by atoms with Crippen LogP contribution in [0.25, 0.3) is 0 Å². The highest BCUT2D eigenvalue weighted by Crippen LogP contribution is 2.30. The molecule has 1 aromatic rings. The fraction of sp³-hybridized carbons (Fsp3) is 0.714. The van der Waals surface area contributed by atoms with Gasteiger partial charge in [0.05, 0.1) is 5.25 Å². The van der Waals surface area contributed by atoms with E-state index < -0.39 is 33.2 Å². The van der Waals surface area contributed by atoms with Crippen molar-refractivity contribution >= 4 is 16.1 Å². The first-order valence-corrected chi connectivity index (χ1v) is 9.47. The Labute approximate surface area is 150 Å². The topological polar surface area (TPSA) is 87.5 Å². The van der Waals surface area contributed by atoms with Crippen LogP contribution in [-0.2, 0) is 29.8 Å². The molecule has 1 N–H and O–H groups in total. The number of hydrogen-bond acceptors (Lipinski definition) is 4. The van der Waals surface area contributed by atoms with Crippen LogP contribution in [0, 0.1) is 0 Å². The lowest BCUT2D eigenvalue weighted by Gasteiger charge is -2.33. The number of alkyl halides is 3. The third kappa shape index (κ3) is 4.47. The maximum absolute atomic E-state index is 12.9. The molecule has 0 bridgehead atoms. The van der Waals surface area contributed by atoms with Crippen LogP contribution < -0.4 is 5.32 Å². The molecule has 1 aromatic heterocycles. The number of carbonyl (C=O) groups is 1. The number of hydrogen-bond donors (Lipinski definition) is 1. The number of nitrogens with one attached hydrogen (secondary N) is 1. The number of amides is 2. The molecule has 0 aliphatic carbocycles. The minimum atomic E-state index is -4.61. The molecule has 2 heterocycles. The van der Waals surface area contributed by atoms with Crippen molar-refractivity contribution in [3.05, 3.63) is 17.5 Å². The number of aryl methyl sites for hydroxylation is 1. The quantitative estimate of drug-likeness (QED) is 0.821. The molecule has 8 nitrogen and oxygen atoms in total. The number of sulfonamides is 1. The zero-order valence-electron chi connectivity index (χ0n) is 14.7. The molecule has 1 saturated heterocycles. The molecule has 12 heteroatoms. The summed E-state index contributed by atoms with van der Waals surface area (Å²) in [7, 11) is 0.708. The van der Waals surface area contributed by atoms with Crippen LogP contribution in [0.1, 0.15) is 24.1 Å². The van der Waals surface area contributed by atoms with Crippen molar-refractivity contribution in [3.63, 3.8) is 0 Å². The molecule has 1 fully saturated rings. The molecular formula is C14H22F3N5O3S. The van der Waals surface area contributed by atoms with Crippen LogP contribution in [0.2, 0.25) is 0 Å². The maximum Gasteiger partial charge on any atom is 0.435 e.